The van der Waals surface area contributed by atoms with Gasteiger partial charge in [0.25, 0.3) is 0 Å². The summed E-state index contributed by atoms with van der Waals surface area (Å²) >= 11 is 1.53. The van der Waals surface area contributed by atoms with Crippen LogP contribution in [0.1, 0.15) is 23.1 Å². The number of thiophene rings is 1. The molecule has 2 rings (SSSR count). The summed E-state index contributed by atoms with van der Waals surface area (Å²) in [4.78, 5) is 2.37. The Kier molecular flexibility index (Phi) is 5.43. The van der Waals surface area contributed by atoms with Gasteiger partial charge in [-0.25, -0.2) is 8.42 Å². The Morgan fingerprint density at radius 2 is 2.11 bits per heavy atom. The van der Waals surface area contributed by atoms with E-state index in [0.717, 1.165) is 16.2 Å². The quantitative estimate of drug-likeness (QED) is 0.926. The highest BCUT2D eigenvalue weighted by Gasteiger charge is 2.38. The van der Waals surface area contributed by atoms with Crippen molar-refractivity contribution in [3.63, 3.8) is 0 Å². The first-order chi connectivity index (χ1) is 8.36. The minimum atomic E-state index is -3.35. The van der Waals surface area contributed by atoms with Crippen LogP contribution < -0.4 is 5.73 Å². The molecule has 0 saturated carbocycles. The Labute approximate surface area is 125 Å². The van der Waals surface area contributed by atoms with Crippen molar-refractivity contribution >= 4 is 33.8 Å². The molecule has 0 spiro atoms. The Bertz CT molecular complexity index is 542. The summed E-state index contributed by atoms with van der Waals surface area (Å²) in [6, 6.07) is 1.82. The maximum Gasteiger partial charge on any atom is 0.244 e. The van der Waals surface area contributed by atoms with Gasteiger partial charge in [-0.05, 0) is 45.7 Å². The average molecular weight is 325 g/mol. The molecule has 19 heavy (non-hydrogen) atoms. The van der Waals surface area contributed by atoms with E-state index in [9.17, 15) is 8.42 Å². The molecule has 7 heteroatoms. The smallest absolute Gasteiger partial charge is 0.244 e. The van der Waals surface area contributed by atoms with Gasteiger partial charge in [-0.1, -0.05) is 0 Å². The SMILES string of the molecule is Cc1cc(S(=O)(=O)N2CC(CN)CC2C)c(C)s1.Cl. The molecule has 0 aromatic carbocycles. The molecule has 2 atom stereocenters. The summed E-state index contributed by atoms with van der Waals surface area (Å²) in [6.45, 7) is 6.87. The molecule has 1 saturated heterocycles. The fraction of sp³-hybridized carbons (Fsp3) is 0.667. The lowest BCUT2D eigenvalue weighted by molar-refractivity contribution is 0.404. The van der Waals surface area contributed by atoms with Crippen molar-refractivity contribution in [2.75, 3.05) is 13.1 Å². The highest BCUT2D eigenvalue weighted by Crippen LogP contribution is 2.33. The third-order valence-corrected chi connectivity index (χ3v) is 6.72. The van der Waals surface area contributed by atoms with Crippen LogP contribution in [0.5, 0.6) is 0 Å². The molecule has 1 aliphatic rings. The fourth-order valence-corrected chi connectivity index (χ4v) is 5.85. The topological polar surface area (TPSA) is 63.4 Å². The number of halogens is 1. The molecular weight excluding hydrogens is 304 g/mol. The predicted molar refractivity (Wildman–Crippen MR) is 81.6 cm³/mol. The summed E-state index contributed by atoms with van der Waals surface area (Å²) in [7, 11) is -3.35. The number of aryl methyl sites for hydroxylation is 2. The second kappa shape index (κ2) is 6.10. The van der Waals surface area contributed by atoms with Crippen LogP contribution >= 0.6 is 23.7 Å². The third-order valence-electron chi connectivity index (χ3n) is 3.52. The number of hydrogen-bond acceptors (Lipinski definition) is 4. The Morgan fingerprint density at radius 1 is 1.47 bits per heavy atom. The van der Waals surface area contributed by atoms with Gasteiger partial charge in [0.05, 0.1) is 4.90 Å². The van der Waals surface area contributed by atoms with Gasteiger partial charge in [-0.2, -0.15) is 4.31 Å². The lowest BCUT2D eigenvalue weighted by Gasteiger charge is -2.20. The van der Waals surface area contributed by atoms with E-state index in [1.807, 2.05) is 20.8 Å². The Hall–Kier alpha value is -0.140. The first-order valence-electron chi connectivity index (χ1n) is 6.15. The van der Waals surface area contributed by atoms with Crippen LogP contribution in [0.15, 0.2) is 11.0 Å². The minimum Gasteiger partial charge on any atom is -0.330 e. The first kappa shape index (κ1) is 16.9. The molecule has 0 bridgehead atoms. The van der Waals surface area contributed by atoms with Crippen molar-refractivity contribution in [2.24, 2.45) is 11.7 Å². The van der Waals surface area contributed by atoms with Crippen LogP contribution in [-0.4, -0.2) is 31.9 Å². The summed E-state index contributed by atoms with van der Waals surface area (Å²) in [5.74, 6) is 0.287. The van der Waals surface area contributed by atoms with Gasteiger partial charge < -0.3 is 5.73 Å². The number of nitrogens with two attached hydrogens (primary N) is 1. The van der Waals surface area contributed by atoms with Gasteiger partial charge in [0, 0.05) is 22.3 Å². The van der Waals surface area contributed by atoms with E-state index in [4.69, 9.17) is 5.73 Å². The second-order valence-corrected chi connectivity index (χ2v) is 8.36. The average Bonchev–Trinajstić information content (AvgIpc) is 2.82. The lowest BCUT2D eigenvalue weighted by atomic mass is 10.1. The van der Waals surface area contributed by atoms with Crippen molar-refractivity contribution in [3.05, 3.63) is 15.8 Å². The molecule has 1 aromatic rings. The van der Waals surface area contributed by atoms with Crippen molar-refractivity contribution in [2.45, 2.75) is 38.1 Å². The van der Waals surface area contributed by atoms with Crippen molar-refractivity contribution in [1.29, 1.82) is 0 Å². The van der Waals surface area contributed by atoms with Crippen LogP contribution in [0.3, 0.4) is 0 Å². The highest BCUT2D eigenvalue weighted by molar-refractivity contribution is 7.89. The maximum atomic E-state index is 12.6. The number of nitrogens with zero attached hydrogens (tertiary/aromatic N) is 1. The fourth-order valence-electron chi connectivity index (χ4n) is 2.60. The van der Waals surface area contributed by atoms with Crippen LogP contribution in [0.4, 0.5) is 0 Å². The van der Waals surface area contributed by atoms with E-state index in [1.165, 1.54) is 11.3 Å². The zero-order valence-electron chi connectivity index (χ0n) is 11.4. The maximum absolute atomic E-state index is 12.6. The van der Waals surface area contributed by atoms with E-state index in [1.54, 1.807) is 10.4 Å². The first-order valence-corrected chi connectivity index (χ1v) is 8.41. The summed E-state index contributed by atoms with van der Waals surface area (Å²) in [6.07, 6.45) is 0.859. The van der Waals surface area contributed by atoms with Crippen LogP contribution in [0.25, 0.3) is 0 Å². The minimum absolute atomic E-state index is 0. The monoisotopic (exact) mass is 324 g/mol. The molecule has 1 fully saturated rings. The van der Waals surface area contributed by atoms with Crippen LogP contribution in [0, 0.1) is 19.8 Å². The van der Waals surface area contributed by atoms with Crippen molar-refractivity contribution < 1.29 is 8.42 Å². The van der Waals surface area contributed by atoms with Gasteiger partial charge in [-0.3, -0.25) is 0 Å². The van der Waals surface area contributed by atoms with Gasteiger partial charge in [0.2, 0.25) is 10.0 Å². The highest BCUT2D eigenvalue weighted by atomic mass is 35.5. The molecule has 4 nitrogen and oxygen atoms in total. The third kappa shape index (κ3) is 3.13. The van der Waals surface area contributed by atoms with Crippen LogP contribution in [0.2, 0.25) is 0 Å². The van der Waals surface area contributed by atoms with Crippen molar-refractivity contribution in [3.8, 4) is 0 Å². The summed E-state index contributed by atoms with van der Waals surface area (Å²) in [5.41, 5.74) is 5.65. The van der Waals surface area contributed by atoms with Gasteiger partial charge in [0.1, 0.15) is 0 Å². The largest absolute Gasteiger partial charge is 0.330 e. The molecule has 0 aliphatic carbocycles. The number of sulfonamides is 1. The van der Waals surface area contributed by atoms with Crippen molar-refractivity contribution in [1.82, 2.24) is 4.31 Å². The van der Waals surface area contributed by atoms with Gasteiger partial charge in [0.15, 0.2) is 0 Å². The predicted octanol–water partition coefficient (Wildman–Crippen LogP) is 2.14. The van der Waals surface area contributed by atoms with Gasteiger partial charge >= 0.3 is 0 Å². The lowest BCUT2D eigenvalue weighted by Crippen LogP contribution is -2.34. The molecule has 2 unspecified atom stereocenters. The van der Waals surface area contributed by atoms with E-state index in [2.05, 4.69) is 0 Å². The van der Waals surface area contributed by atoms with E-state index < -0.39 is 10.0 Å². The molecular formula is C12H21ClN2O2S2. The Morgan fingerprint density at radius 3 is 2.53 bits per heavy atom. The van der Waals surface area contributed by atoms with E-state index in [0.29, 0.717) is 18.0 Å². The molecule has 1 aliphatic heterocycles. The van der Waals surface area contributed by atoms with E-state index >= 15 is 0 Å². The molecule has 110 valence electrons. The molecule has 2 heterocycles. The second-order valence-electron chi connectivity index (χ2n) is 5.04. The zero-order chi connectivity index (χ0) is 13.5. The summed E-state index contributed by atoms with van der Waals surface area (Å²) < 4.78 is 26.9. The molecule has 2 N–H and O–H groups in total. The zero-order valence-corrected chi connectivity index (χ0v) is 13.9. The normalized spacial score (nSPS) is 24.4. The van der Waals surface area contributed by atoms with Gasteiger partial charge in [-0.15, -0.1) is 23.7 Å². The standard InChI is InChI=1S/C12H20N2O2S2.ClH/c1-8-4-11(6-13)7-14(8)18(15,16)12-5-9(2)17-10(12)3;/h5,8,11H,4,6-7,13H2,1-3H3;1H. The molecule has 0 amide bonds. The van der Waals surface area contributed by atoms with E-state index in [-0.39, 0.29) is 24.4 Å². The molecule has 0 radical (unpaired) electrons. The number of rotatable bonds is 3. The van der Waals surface area contributed by atoms with Crippen LogP contribution in [-0.2, 0) is 10.0 Å². The summed E-state index contributed by atoms with van der Waals surface area (Å²) in [5, 5.41) is 0. The number of hydrogen-bond donors (Lipinski definition) is 1. The Balaban J connectivity index is 0.00000180. The molecule has 1 aromatic heterocycles.